The van der Waals surface area contributed by atoms with Crippen LogP contribution >= 0.6 is 0 Å². The molecule has 1 aliphatic rings. The summed E-state index contributed by atoms with van der Waals surface area (Å²) in [5.74, 6) is -0.356. The third-order valence-electron chi connectivity index (χ3n) is 3.23. The van der Waals surface area contributed by atoms with Crippen LogP contribution in [0.5, 0.6) is 0 Å². The first-order valence-corrected chi connectivity index (χ1v) is 6.12. The van der Waals surface area contributed by atoms with Crippen LogP contribution in [-0.2, 0) is 11.3 Å². The molecular formula is C13H17FN2O3. The van der Waals surface area contributed by atoms with Crippen molar-refractivity contribution in [2.45, 2.75) is 19.1 Å². The molecule has 2 rings (SSSR count). The fourth-order valence-electron chi connectivity index (χ4n) is 2.23. The molecule has 1 aromatic rings. The van der Waals surface area contributed by atoms with E-state index in [4.69, 9.17) is 5.11 Å². The number of aliphatic hydroxyl groups is 1. The summed E-state index contributed by atoms with van der Waals surface area (Å²) in [6.07, 6.45) is 0.277. The molecule has 1 atom stereocenters. The number of hydrogen-bond acceptors (Lipinski definition) is 4. The van der Waals surface area contributed by atoms with Gasteiger partial charge in [-0.15, -0.1) is 0 Å². The average molecular weight is 268 g/mol. The first-order valence-electron chi connectivity index (χ1n) is 6.12. The van der Waals surface area contributed by atoms with Gasteiger partial charge in [0, 0.05) is 13.1 Å². The van der Waals surface area contributed by atoms with E-state index in [0.29, 0.717) is 24.3 Å². The molecule has 0 aromatic heterocycles. The summed E-state index contributed by atoms with van der Waals surface area (Å²) in [6, 6.07) is 4.64. The van der Waals surface area contributed by atoms with Gasteiger partial charge in [-0.05, 0) is 24.1 Å². The van der Waals surface area contributed by atoms with Gasteiger partial charge >= 0.3 is 6.09 Å². The maximum Gasteiger partial charge on any atom is 0.407 e. The molecule has 1 heterocycles. The van der Waals surface area contributed by atoms with E-state index >= 15 is 0 Å². The molecule has 0 aliphatic carbocycles. The molecule has 1 unspecified atom stereocenters. The number of alkyl carbamates (subject to hydrolysis) is 1. The van der Waals surface area contributed by atoms with E-state index in [0.717, 1.165) is 6.42 Å². The van der Waals surface area contributed by atoms with E-state index in [1.807, 2.05) is 4.90 Å². The topological polar surface area (TPSA) is 61.8 Å². The number of nitrogens with zero attached hydrogens (tertiary/aromatic N) is 1. The molecular weight excluding hydrogens is 251 g/mol. The number of anilines is 1. The predicted molar refractivity (Wildman–Crippen MR) is 68.5 cm³/mol. The van der Waals surface area contributed by atoms with E-state index in [1.54, 1.807) is 12.1 Å². The minimum atomic E-state index is -0.469. The number of hydrogen-bond donors (Lipinski definition) is 2. The predicted octanol–water partition coefficient (Wildman–Crippen LogP) is 1.25. The highest BCUT2D eigenvalue weighted by Gasteiger charge is 2.25. The average Bonchev–Trinajstić information content (AvgIpc) is 2.86. The second-order valence-electron chi connectivity index (χ2n) is 4.51. The van der Waals surface area contributed by atoms with Gasteiger partial charge in [-0.2, -0.15) is 0 Å². The second-order valence-corrected chi connectivity index (χ2v) is 4.51. The maximum atomic E-state index is 13.9. The molecule has 1 aromatic carbocycles. The summed E-state index contributed by atoms with van der Waals surface area (Å²) >= 11 is 0. The Morgan fingerprint density at radius 1 is 1.63 bits per heavy atom. The largest absolute Gasteiger partial charge is 0.453 e. The molecule has 0 radical (unpaired) electrons. The van der Waals surface area contributed by atoms with Gasteiger partial charge in [0.1, 0.15) is 5.82 Å². The van der Waals surface area contributed by atoms with E-state index in [-0.39, 0.29) is 18.5 Å². The first kappa shape index (κ1) is 13.6. The van der Waals surface area contributed by atoms with Gasteiger partial charge < -0.3 is 20.1 Å². The van der Waals surface area contributed by atoms with Crippen LogP contribution in [0.25, 0.3) is 0 Å². The number of ether oxygens (including phenoxy) is 1. The van der Waals surface area contributed by atoms with Crippen molar-refractivity contribution in [3.63, 3.8) is 0 Å². The van der Waals surface area contributed by atoms with Crippen LogP contribution in [0.3, 0.4) is 0 Å². The lowest BCUT2D eigenvalue weighted by molar-refractivity contribution is 0.167. The molecule has 104 valence electrons. The number of carbonyl (C=O) groups excluding carboxylic acids is 1. The van der Waals surface area contributed by atoms with Crippen LogP contribution in [0.15, 0.2) is 18.2 Å². The van der Waals surface area contributed by atoms with Gasteiger partial charge in [0.25, 0.3) is 0 Å². The molecule has 1 saturated heterocycles. The Balaban J connectivity index is 2.02. The number of methoxy groups -OCH3 is 1. The van der Waals surface area contributed by atoms with Crippen molar-refractivity contribution in [1.82, 2.24) is 5.32 Å². The first-order chi connectivity index (χ1) is 9.13. The highest BCUT2D eigenvalue weighted by Crippen LogP contribution is 2.24. The second kappa shape index (κ2) is 5.88. The summed E-state index contributed by atoms with van der Waals surface area (Å²) in [4.78, 5) is 13.0. The van der Waals surface area contributed by atoms with E-state index in [9.17, 15) is 9.18 Å². The molecule has 2 N–H and O–H groups in total. The number of aliphatic hydroxyl groups excluding tert-OH is 1. The highest BCUT2D eigenvalue weighted by molar-refractivity contribution is 5.67. The van der Waals surface area contributed by atoms with Crippen molar-refractivity contribution in [2.24, 2.45) is 0 Å². The fraction of sp³-hybridized carbons (Fsp3) is 0.462. The monoisotopic (exact) mass is 268 g/mol. The SMILES string of the molecule is COC(=O)NC1CCN(c2ccc(CO)cc2F)C1. The molecule has 1 amide bonds. The van der Waals surface area contributed by atoms with Gasteiger partial charge in [0.15, 0.2) is 0 Å². The number of carbonyl (C=O) groups is 1. The Morgan fingerprint density at radius 2 is 2.42 bits per heavy atom. The van der Waals surface area contributed by atoms with Gasteiger partial charge in [0.05, 0.1) is 25.4 Å². The lowest BCUT2D eigenvalue weighted by Gasteiger charge is -2.20. The lowest BCUT2D eigenvalue weighted by Crippen LogP contribution is -2.37. The number of rotatable bonds is 3. The van der Waals surface area contributed by atoms with Crippen LogP contribution in [0, 0.1) is 5.82 Å². The van der Waals surface area contributed by atoms with Gasteiger partial charge in [0.2, 0.25) is 0 Å². The van der Waals surface area contributed by atoms with Crippen molar-refractivity contribution in [2.75, 3.05) is 25.1 Å². The fourth-order valence-corrected chi connectivity index (χ4v) is 2.23. The zero-order valence-corrected chi connectivity index (χ0v) is 10.7. The maximum absolute atomic E-state index is 13.9. The van der Waals surface area contributed by atoms with Crippen LogP contribution in [0.1, 0.15) is 12.0 Å². The van der Waals surface area contributed by atoms with Crippen LogP contribution in [0.4, 0.5) is 14.9 Å². The third-order valence-corrected chi connectivity index (χ3v) is 3.23. The zero-order valence-electron chi connectivity index (χ0n) is 10.7. The third kappa shape index (κ3) is 3.14. The van der Waals surface area contributed by atoms with Crippen LogP contribution in [-0.4, -0.2) is 37.4 Å². The highest BCUT2D eigenvalue weighted by atomic mass is 19.1. The van der Waals surface area contributed by atoms with E-state index in [2.05, 4.69) is 10.1 Å². The number of nitrogens with one attached hydrogen (secondary N) is 1. The van der Waals surface area contributed by atoms with Gasteiger partial charge in [-0.25, -0.2) is 9.18 Å². The zero-order chi connectivity index (χ0) is 13.8. The number of halogens is 1. The standard InChI is InChI=1S/C13H17FN2O3/c1-19-13(18)15-10-4-5-16(7-10)12-3-2-9(8-17)6-11(12)14/h2-3,6,10,17H,4-5,7-8H2,1H3,(H,15,18). The Bertz CT molecular complexity index is 467. The minimum absolute atomic E-state index is 0.0376. The number of amides is 1. The summed E-state index contributed by atoms with van der Waals surface area (Å²) < 4.78 is 18.4. The van der Waals surface area contributed by atoms with E-state index in [1.165, 1.54) is 13.2 Å². The summed E-state index contributed by atoms with van der Waals surface area (Å²) in [7, 11) is 1.31. The van der Waals surface area contributed by atoms with Crippen LogP contribution < -0.4 is 10.2 Å². The van der Waals surface area contributed by atoms with Gasteiger partial charge in [-0.1, -0.05) is 6.07 Å². The Morgan fingerprint density at radius 3 is 3.05 bits per heavy atom. The van der Waals surface area contributed by atoms with Crippen molar-refractivity contribution < 1.29 is 19.0 Å². The Hall–Kier alpha value is -1.82. The normalized spacial score (nSPS) is 18.5. The number of benzene rings is 1. The molecule has 5 nitrogen and oxygen atoms in total. The van der Waals surface area contributed by atoms with Gasteiger partial charge in [-0.3, -0.25) is 0 Å². The van der Waals surface area contributed by atoms with Crippen molar-refractivity contribution in [1.29, 1.82) is 0 Å². The van der Waals surface area contributed by atoms with Crippen molar-refractivity contribution in [3.8, 4) is 0 Å². The van der Waals surface area contributed by atoms with Crippen molar-refractivity contribution in [3.05, 3.63) is 29.6 Å². The smallest absolute Gasteiger partial charge is 0.407 e. The minimum Gasteiger partial charge on any atom is -0.453 e. The molecule has 6 heteroatoms. The summed E-state index contributed by atoms with van der Waals surface area (Å²) in [5, 5.41) is 11.6. The molecule has 1 fully saturated rings. The molecule has 0 saturated carbocycles. The molecule has 1 aliphatic heterocycles. The Kier molecular flexibility index (Phi) is 4.21. The van der Waals surface area contributed by atoms with Crippen LogP contribution in [0.2, 0.25) is 0 Å². The Labute approximate surface area is 111 Å². The van der Waals surface area contributed by atoms with E-state index < -0.39 is 6.09 Å². The van der Waals surface area contributed by atoms with Crippen molar-refractivity contribution >= 4 is 11.8 Å². The summed E-state index contributed by atoms with van der Waals surface area (Å²) in [5.41, 5.74) is 1.04. The molecule has 0 bridgehead atoms. The quantitative estimate of drug-likeness (QED) is 0.866. The molecule has 0 spiro atoms. The molecule has 19 heavy (non-hydrogen) atoms. The summed E-state index contributed by atoms with van der Waals surface area (Å²) in [6.45, 7) is 1.04. The lowest BCUT2D eigenvalue weighted by atomic mass is 10.2.